The zero-order valence-corrected chi connectivity index (χ0v) is 18.3. The molecule has 1 saturated heterocycles. The first kappa shape index (κ1) is 22.0. The van der Waals surface area contributed by atoms with Crippen molar-refractivity contribution >= 4 is 33.2 Å². The smallest absolute Gasteiger partial charge is 0.240 e. The molecular weight excluding hydrogens is 428 g/mol. The third-order valence-electron chi connectivity index (χ3n) is 5.11. The van der Waals surface area contributed by atoms with Gasteiger partial charge in [0.05, 0.1) is 4.90 Å². The Kier molecular flexibility index (Phi) is 6.84. The first-order chi connectivity index (χ1) is 15.5. The molecule has 2 heterocycles. The number of anilines is 4. The second kappa shape index (κ2) is 9.94. The van der Waals surface area contributed by atoms with Crippen LogP contribution in [0.25, 0.3) is 0 Å². The molecule has 4 N–H and O–H groups in total. The van der Waals surface area contributed by atoms with E-state index >= 15 is 0 Å². The number of phenolic OH excluding ortho intramolecular Hbond substituents is 1. The van der Waals surface area contributed by atoms with Crippen LogP contribution in [0.4, 0.5) is 23.1 Å². The van der Waals surface area contributed by atoms with Gasteiger partial charge in [-0.2, -0.15) is 4.98 Å². The van der Waals surface area contributed by atoms with Gasteiger partial charge >= 0.3 is 0 Å². The fourth-order valence-electron chi connectivity index (χ4n) is 3.49. The average molecular weight is 455 g/mol. The lowest BCUT2D eigenvalue weighted by molar-refractivity contribution is 0.344. The van der Waals surface area contributed by atoms with E-state index < -0.39 is 10.0 Å². The molecule has 3 aromatic rings. The van der Waals surface area contributed by atoms with Crippen molar-refractivity contribution in [3.8, 4) is 5.75 Å². The van der Waals surface area contributed by atoms with E-state index in [0.717, 1.165) is 19.6 Å². The maximum Gasteiger partial charge on any atom is 0.240 e. The molecule has 0 atom stereocenters. The summed E-state index contributed by atoms with van der Waals surface area (Å²) in [6.45, 7) is 3.20. The molecule has 9 nitrogen and oxygen atoms in total. The maximum atomic E-state index is 12.5. The number of sulfonamides is 1. The van der Waals surface area contributed by atoms with Gasteiger partial charge in [-0.15, -0.1) is 0 Å². The van der Waals surface area contributed by atoms with E-state index in [0.29, 0.717) is 29.7 Å². The molecule has 0 unspecified atom stereocenters. The summed E-state index contributed by atoms with van der Waals surface area (Å²) in [6, 6.07) is 14.9. The molecule has 1 aromatic heterocycles. The molecule has 0 spiro atoms. The van der Waals surface area contributed by atoms with Crippen LogP contribution in [0.3, 0.4) is 0 Å². The minimum Gasteiger partial charge on any atom is -0.508 e. The van der Waals surface area contributed by atoms with Gasteiger partial charge in [-0.05, 0) is 68.4 Å². The van der Waals surface area contributed by atoms with Crippen LogP contribution in [0.5, 0.6) is 5.75 Å². The van der Waals surface area contributed by atoms with Gasteiger partial charge in [-0.3, -0.25) is 0 Å². The van der Waals surface area contributed by atoms with Gasteiger partial charge in [0.2, 0.25) is 16.0 Å². The van der Waals surface area contributed by atoms with Gasteiger partial charge < -0.3 is 20.6 Å². The summed E-state index contributed by atoms with van der Waals surface area (Å²) in [5.74, 6) is 1.06. The summed E-state index contributed by atoms with van der Waals surface area (Å²) >= 11 is 0. The van der Waals surface area contributed by atoms with Crippen molar-refractivity contribution in [1.82, 2.24) is 19.6 Å². The quantitative estimate of drug-likeness (QED) is 0.390. The van der Waals surface area contributed by atoms with Gasteiger partial charge in [0, 0.05) is 36.7 Å². The Morgan fingerprint density at radius 1 is 0.969 bits per heavy atom. The van der Waals surface area contributed by atoms with Crippen molar-refractivity contribution in [2.45, 2.75) is 17.7 Å². The van der Waals surface area contributed by atoms with Crippen LogP contribution in [0.2, 0.25) is 0 Å². The van der Waals surface area contributed by atoms with Gasteiger partial charge in [0.15, 0.2) is 0 Å². The molecule has 0 radical (unpaired) electrons. The van der Waals surface area contributed by atoms with Gasteiger partial charge in [-0.1, -0.05) is 6.07 Å². The first-order valence-corrected chi connectivity index (χ1v) is 11.9. The van der Waals surface area contributed by atoms with Crippen molar-refractivity contribution < 1.29 is 13.5 Å². The third kappa shape index (κ3) is 5.94. The predicted octanol–water partition coefficient (Wildman–Crippen LogP) is 3.04. The minimum atomic E-state index is -3.55. The number of hydrogen-bond acceptors (Lipinski definition) is 8. The van der Waals surface area contributed by atoms with E-state index in [4.69, 9.17) is 0 Å². The van der Waals surface area contributed by atoms with E-state index in [1.54, 1.807) is 54.7 Å². The molecule has 0 saturated carbocycles. The van der Waals surface area contributed by atoms with Crippen LogP contribution >= 0.6 is 0 Å². The van der Waals surface area contributed by atoms with Crippen molar-refractivity contribution in [2.75, 3.05) is 36.8 Å². The van der Waals surface area contributed by atoms with Crippen LogP contribution in [0, 0.1) is 0 Å². The Bertz CT molecular complexity index is 1150. The number of rotatable bonds is 9. The second-order valence-electron chi connectivity index (χ2n) is 7.54. The molecule has 0 amide bonds. The lowest BCUT2D eigenvalue weighted by Gasteiger charge is -2.15. The highest BCUT2D eigenvalue weighted by molar-refractivity contribution is 7.89. The Balaban J connectivity index is 1.36. The highest BCUT2D eigenvalue weighted by Crippen LogP contribution is 2.21. The number of likely N-dealkylation sites (tertiary alicyclic amines) is 1. The maximum absolute atomic E-state index is 12.5. The summed E-state index contributed by atoms with van der Waals surface area (Å²) in [6.07, 6.45) is 3.96. The fourth-order valence-corrected chi connectivity index (χ4v) is 4.52. The molecular formula is C22H26N6O3S. The number of nitrogens with one attached hydrogen (secondary N) is 3. The van der Waals surface area contributed by atoms with Gasteiger partial charge in [-0.25, -0.2) is 18.1 Å². The van der Waals surface area contributed by atoms with E-state index in [2.05, 4.69) is 30.2 Å². The van der Waals surface area contributed by atoms with Gasteiger partial charge in [0.1, 0.15) is 11.6 Å². The van der Waals surface area contributed by atoms with Crippen LogP contribution in [0.15, 0.2) is 65.7 Å². The number of aromatic nitrogens is 2. The lowest BCUT2D eigenvalue weighted by atomic mass is 10.3. The Morgan fingerprint density at radius 2 is 1.75 bits per heavy atom. The topological polar surface area (TPSA) is 119 Å². The molecule has 1 aliphatic heterocycles. The summed E-state index contributed by atoms with van der Waals surface area (Å²) in [4.78, 5) is 11.1. The summed E-state index contributed by atoms with van der Waals surface area (Å²) in [7, 11) is -3.55. The second-order valence-corrected chi connectivity index (χ2v) is 9.30. The van der Waals surface area contributed by atoms with Crippen molar-refractivity contribution in [1.29, 1.82) is 0 Å². The zero-order chi connectivity index (χ0) is 22.4. The Morgan fingerprint density at radius 3 is 2.50 bits per heavy atom. The predicted molar refractivity (Wildman–Crippen MR) is 124 cm³/mol. The third-order valence-corrected chi connectivity index (χ3v) is 6.59. The number of nitrogens with zero attached hydrogens (tertiary/aromatic N) is 3. The van der Waals surface area contributed by atoms with Crippen molar-refractivity contribution in [3.63, 3.8) is 0 Å². The molecule has 0 aliphatic carbocycles. The molecule has 1 fully saturated rings. The van der Waals surface area contributed by atoms with E-state index in [1.807, 2.05) is 6.07 Å². The monoisotopic (exact) mass is 454 g/mol. The van der Waals surface area contributed by atoms with Crippen molar-refractivity contribution in [2.24, 2.45) is 0 Å². The van der Waals surface area contributed by atoms with Crippen LogP contribution < -0.4 is 15.4 Å². The van der Waals surface area contributed by atoms with E-state index in [1.165, 1.54) is 12.8 Å². The largest absolute Gasteiger partial charge is 0.508 e. The number of aromatic hydroxyl groups is 1. The normalized spacial score (nSPS) is 14.4. The summed E-state index contributed by atoms with van der Waals surface area (Å²) < 4.78 is 27.7. The fraction of sp³-hybridized carbons (Fsp3) is 0.273. The lowest BCUT2D eigenvalue weighted by Crippen LogP contribution is -2.33. The Labute approximate surface area is 187 Å². The highest BCUT2D eigenvalue weighted by Gasteiger charge is 2.16. The summed E-state index contributed by atoms with van der Waals surface area (Å²) in [5.41, 5.74) is 1.36. The average Bonchev–Trinajstić information content (AvgIpc) is 3.28. The molecule has 32 heavy (non-hydrogen) atoms. The SMILES string of the molecule is O=S(=O)(NCCN1CCCC1)c1ccc(Nc2nccc(Nc3cccc(O)c3)n2)cc1. The molecule has 10 heteroatoms. The molecule has 2 aromatic carbocycles. The highest BCUT2D eigenvalue weighted by atomic mass is 32.2. The van der Waals surface area contributed by atoms with Crippen LogP contribution in [-0.4, -0.2) is 54.6 Å². The molecule has 4 rings (SSSR count). The first-order valence-electron chi connectivity index (χ1n) is 10.5. The number of benzene rings is 2. The number of phenols is 1. The molecule has 1 aliphatic rings. The Hall–Kier alpha value is -3.21. The van der Waals surface area contributed by atoms with Crippen LogP contribution in [0.1, 0.15) is 12.8 Å². The van der Waals surface area contributed by atoms with Crippen molar-refractivity contribution in [3.05, 3.63) is 60.8 Å². The zero-order valence-electron chi connectivity index (χ0n) is 17.5. The van der Waals surface area contributed by atoms with E-state index in [-0.39, 0.29) is 10.6 Å². The minimum absolute atomic E-state index is 0.156. The molecule has 0 bridgehead atoms. The summed E-state index contributed by atoms with van der Waals surface area (Å²) in [5, 5.41) is 15.7. The van der Waals surface area contributed by atoms with Crippen LogP contribution in [-0.2, 0) is 10.0 Å². The standard InChI is InChI=1S/C22H26N6O3S/c29-19-5-3-4-18(16-19)25-21-10-11-23-22(27-21)26-17-6-8-20(9-7-17)32(30,31)24-12-15-28-13-1-2-14-28/h3-11,16,24,29H,1-2,12-15H2,(H2,23,25,26,27). The van der Waals surface area contributed by atoms with Gasteiger partial charge in [0.25, 0.3) is 0 Å². The number of hydrogen-bond donors (Lipinski definition) is 4. The molecule has 168 valence electrons. The van der Waals surface area contributed by atoms with E-state index in [9.17, 15) is 13.5 Å².